The van der Waals surface area contributed by atoms with Crippen molar-refractivity contribution in [2.75, 3.05) is 0 Å². The summed E-state index contributed by atoms with van der Waals surface area (Å²) in [4.78, 5) is 0. The molecule has 0 unspecified atom stereocenters. The minimum absolute atomic E-state index is 0.250. The summed E-state index contributed by atoms with van der Waals surface area (Å²) in [7, 11) is 0.757. The first-order valence-corrected chi connectivity index (χ1v) is 8.97. The van der Waals surface area contributed by atoms with E-state index in [9.17, 15) is 0 Å². The summed E-state index contributed by atoms with van der Waals surface area (Å²) >= 11 is 0. The third kappa shape index (κ3) is 6.29. The molecule has 0 aromatic carbocycles. The molecule has 1 aliphatic heterocycles. The van der Waals surface area contributed by atoms with Crippen molar-refractivity contribution >= 4 is 8.58 Å². The quantitative estimate of drug-likeness (QED) is 0.316. The minimum atomic E-state index is 0.250. The SMILES string of the molecule is CCCCCC1=CC(=C(C#N)C#N)C=C(CCCCC)P1. The van der Waals surface area contributed by atoms with Crippen molar-refractivity contribution in [1.82, 2.24) is 0 Å². The van der Waals surface area contributed by atoms with Crippen LogP contribution in [0.1, 0.15) is 65.2 Å². The fraction of sp³-hybridized carbons (Fsp3) is 0.556. The number of hydrogen-bond donors (Lipinski definition) is 0. The summed E-state index contributed by atoms with van der Waals surface area (Å²) in [6, 6.07) is 4.06. The Hall–Kier alpha value is -1.37. The van der Waals surface area contributed by atoms with E-state index in [0.717, 1.165) is 27.0 Å². The first kappa shape index (κ1) is 17.7. The number of nitrogens with zero attached hydrogens (tertiary/aromatic N) is 2. The molecule has 21 heavy (non-hydrogen) atoms. The summed E-state index contributed by atoms with van der Waals surface area (Å²) in [5.74, 6) is 0. The number of allylic oxidation sites excluding steroid dienone is 6. The third-order valence-electron chi connectivity index (χ3n) is 3.59. The maximum atomic E-state index is 9.09. The van der Waals surface area contributed by atoms with Crippen LogP contribution in [0.15, 0.2) is 33.9 Å². The van der Waals surface area contributed by atoms with Gasteiger partial charge in [-0.15, -0.1) is 0 Å². The van der Waals surface area contributed by atoms with Crippen molar-refractivity contribution in [2.24, 2.45) is 0 Å². The van der Waals surface area contributed by atoms with Crippen molar-refractivity contribution in [1.29, 1.82) is 10.5 Å². The zero-order valence-electron chi connectivity index (χ0n) is 13.2. The maximum absolute atomic E-state index is 9.09. The summed E-state index contributed by atoms with van der Waals surface area (Å²) in [5.41, 5.74) is 1.08. The Balaban J connectivity index is 2.85. The van der Waals surface area contributed by atoms with E-state index in [2.05, 4.69) is 26.0 Å². The molecule has 112 valence electrons. The van der Waals surface area contributed by atoms with Gasteiger partial charge in [-0.1, -0.05) is 48.1 Å². The van der Waals surface area contributed by atoms with Crippen LogP contribution >= 0.6 is 8.58 Å². The Labute approximate surface area is 131 Å². The van der Waals surface area contributed by atoms with E-state index in [1.807, 2.05) is 12.1 Å². The van der Waals surface area contributed by atoms with Crippen molar-refractivity contribution in [3.05, 3.63) is 33.9 Å². The van der Waals surface area contributed by atoms with Gasteiger partial charge >= 0.3 is 0 Å². The van der Waals surface area contributed by atoms with E-state index in [0.29, 0.717) is 0 Å². The molecule has 0 amide bonds. The normalized spacial score (nSPS) is 15.1. The molecular weight excluding hydrogens is 275 g/mol. The van der Waals surface area contributed by atoms with E-state index in [4.69, 9.17) is 10.5 Å². The van der Waals surface area contributed by atoms with Gasteiger partial charge in [0.05, 0.1) is 0 Å². The molecule has 0 fully saturated rings. The molecule has 1 aliphatic rings. The molecule has 0 atom stereocenters. The van der Waals surface area contributed by atoms with E-state index in [1.54, 1.807) is 0 Å². The standard InChI is InChI=1S/C18H25N2P/c1-3-5-7-9-17-11-15(16(13-19)14-20)12-18(21-17)10-8-6-4-2/h11-12,21H,3-10H2,1-2H3. The third-order valence-corrected chi connectivity index (χ3v) is 5.02. The molecule has 0 saturated heterocycles. The Kier molecular flexibility index (Phi) is 8.73. The smallest absolute Gasteiger partial charge is 0.136 e. The van der Waals surface area contributed by atoms with E-state index < -0.39 is 0 Å². The second-order valence-electron chi connectivity index (χ2n) is 5.43. The van der Waals surface area contributed by atoms with Crippen LogP contribution in [0.3, 0.4) is 0 Å². The predicted octanol–water partition coefficient (Wildman–Crippen LogP) is 5.95. The fourth-order valence-corrected chi connectivity index (χ4v) is 3.87. The van der Waals surface area contributed by atoms with Crippen LogP contribution in [0.5, 0.6) is 0 Å². The predicted molar refractivity (Wildman–Crippen MR) is 91.0 cm³/mol. The van der Waals surface area contributed by atoms with Gasteiger partial charge in [-0.05, 0) is 48.5 Å². The highest BCUT2D eigenvalue weighted by Crippen LogP contribution is 2.44. The highest BCUT2D eigenvalue weighted by atomic mass is 31.1. The first-order chi connectivity index (χ1) is 10.2. The van der Waals surface area contributed by atoms with E-state index in [-0.39, 0.29) is 5.57 Å². The molecule has 3 heteroatoms. The summed E-state index contributed by atoms with van der Waals surface area (Å²) in [5, 5.41) is 21.0. The lowest BCUT2D eigenvalue weighted by Gasteiger charge is -2.17. The molecule has 1 rings (SSSR count). The van der Waals surface area contributed by atoms with Crippen molar-refractivity contribution in [3.63, 3.8) is 0 Å². The second-order valence-corrected chi connectivity index (χ2v) is 6.97. The molecule has 0 saturated carbocycles. The van der Waals surface area contributed by atoms with Gasteiger partial charge < -0.3 is 0 Å². The van der Waals surface area contributed by atoms with Crippen molar-refractivity contribution in [3.8, 4) is 12.1 Å². The Morgan fingerprint density at radius 2 is 1.38 bits per heavy atom. The van der Waals surface area contributed by atoms with Gasteiger partial charge in [0.2, 0.25) is 0 Å². The number of nitriles is 2. The molecular formula is C18H25N2P. The van der Waals surface area contributed by atoms with Gasteiger partial charge in [-0.3, -0.25) is 0 Å². The highest BCUT2D eigenvalue weighted by molar-refractivity contribution is 7.48. The molecule has 0 aliphatic carbocycles. The van der Waals surface area contributed by atoms with E-state index in [1.165, 1.54) is 49.2 Å². The fourth-order valence-electron chi connectivity index (χ4n) is 2.39. The van der Waals surface area contributed by atoms with Crippen LogP contribution in [0, 0.1) is 22.7 Å². The molecule has 0 N–H and O–H groups in total. The zero-order valence-corrected chi connectivity index (χ0v) is 14.2. The van der Waals surface area contributed by atoms with Crippen LogP contribution < -0.4 is 0 Å². The lowest BCUT2D eigenvalue weighted by molar-refractivity contribution is 0.720. The molecule has 1 heterocycles. The molecule has 0 spiro atoms. The first-order valence-electron chi connectivity index (χ1n) is 7.97. The molecule has 0 aromatic heterocycles. The van der Waals surface area contributed by atoms with Gasteiger partial charge in [-0.25, -0.2) is 0 Å². The molecule has 0 bridgehead atoms. The van der Waals surface area contributed by atoms with Gasteiger partial charge in [0.25, 0.3) is 0 Å². The second kappa shape index (κ2) is 10.4. The maximum Gasteiger partial charge on any atom is 0.136 e. The van der Waals surface area contributed by atoms with Gasteiger partial charge in [0.1, 0.15) is 17.7 Å². The van der Waals surface area contributed by atoms with Gasteiger partial charge in [-0.2, -0.15) is 10.5 Å². The number of unbranched alkanes of at least 4 members (excludes halogenated alkanes) is 4. The summed E-state index contributed by atoms with van der Waals surface area (Å²) < 4.78 is 0. The Morgan fingerprint density at radius 3 is 1.76 bits per heavy atom. The van der Waals surface area contributed by atoms with E-state index >= 15 is 0 Å². The molecule has 2 nitrogen and oxygen atoms in total. The Morgan fingerprint density at radius 1 is 0.905 bits per heavy atom. The summed E-state index contributed by atoms with van der Waals surface area (Å²) in [6.45, 7) is 4.42. The van der Waals surface area contributed by atoms with Crippen LogP contribution in [0.2, 0.25) is 0 Å². The average Bonchev–Trinajstić information content (AvgIpc) is 2.49. The lowest BCUT2D eigenvalue weighted by Crippen LogP contribution is -1.93. The highest BCUT2D eigenvalue weighted by Gasteiger charge is 2.13. The van der Waals surface area contributed by atoms with Crippen LogP contribution in [-0.4, -0.2) is 0 Å². The van der Waals surface area contributed by atoms with Gasteiger partial charge in [0.15, 0.2) is 0 Å². The zero-order chi connectivity index (χ0) is 15.5. The topological polar surface area (TPSA) is 47.6 Å². The van der Waals surface area contributed by atoms with Crippen LogP contribution in [0.25, 0.3) is 0 Å². The Bertz CT molecular complexity index is 468. The monoisotopic (exact) mass is 300 g/mol. The molecule has 0 radical (unpaired) electrons. The average molecular weight is 300 g/mol. The van der Waals surface area contributed by atoms with Crippen molar-refractivity contribution in [2.45, 2.75) is 65.2 Å². The largest absolute Gasteiger partial charge is 0.192 e. The van der Waals surface area contributed by atoms with Crippen molar-refractivity contribution < 1.29 is 0 Å². The van der Waals surface area contributed by atoms with Crippen LogP contribution in [0.4, 0.5) is 0 Å². The van der Waals surface area contributed by atoms with Crippen LogP contribution in [-0.2, 0) is 0 Å². The molecule has 0 aromatic rings. The van der Waals surface area contributed by atoms with Gasteiger partial charge in [0, 0.05) is 5.57 Å². The number of hydrogen-bond acceptors (Lipinski definition) is 2. The number of rotatable bonds is 8. The summed E-state index contributed by atoms with van der Waals surface area (Å²) in [6.07, 6.45) is 13.7. The lowest BCUT2D eigenvalue weighted by atomic mass is 10.1. The minimum Gasteiger partial charge on any atom is -0.192 e.